The lowest BCUT2D eigenvalue weighted by Gasteiger charge is -2.39. The Morgan fingerprint density at radius 3 is 2.52 bits per heavy atom. The number of aryl methyl sites for hydroxylation is 1. The predicted octanol–water partition coefficient (Wildman–Crippen LogP) is 3.80. The minimum absolute atomic E-state index is 0.250. The average molecular weight is 341 g/mol. The molecule has 1 amide bonds. The minimum atomic E-state index is -0.250. The maximum Gasteiger partial charge on any atom is 0.233 e. The number of piperidine rings is 1. The van der Waals surface area contributed by atoms with Crippen LogP contribution in [0.3, 0.4) is 0 Å². The number of likely N-dealkylation sites (tertiary alicyclic amines) is 1. The summed E-state index contributed by atoms with van der Waals surface area (Å²) in [5, 5.41) is 3.72. The van der Waals surface area contributed by atoms with Crippen molar-refractivity contribution < 1.29 is 4.79 Å². The molecule has 3 heteroatoms. The molecule has 1 aliphatic heterocycles. The smallest absolute Gasteiger partial charge is 0.233 e. The highest BCUT2D eigenvalue weighted by Gasteiger charge is 2.45. The Labute approximate surface area is 152 Å². The van der Waals surface area contributed by atoms with Crippen molar-refractivity contribution in [2.24, 2.45) is 5.92 Å². The van der Waals surface area contributed by atoms with Gasteiger partial charge in [-0.25, -0.2) is 0 Å². The van der Waals surface area contributed by atoms with Crippen molar-refractivity contribution in [3.8, 4) is 0 Å². The second-order valence-electron chi connectivity index (χ2n) is 8.58. The topological polar surface area (TPSA) is 32.3 Å². The highest BCUT2D eigenvalue weighted by molar-refractivity contribution is 5.88. The van der Waals surface area contributed by atoms with E-state index in [4.69, 9.17) is 0 Å². The van der Waals surface area contributed by atoms with Gasteiger partial charge in [0.05, 0.1) is 5.41 Å². The normalized spacial score (nSPS) is 23.8. The van der Waals surface area contributed by atoms with Crippen LogP contribution in [-0.2, 0) is 10.2 Å². The first kappa shape index (κ1) is 17.1. The molecule has 1 aromatic carbocycles. The molecule has 2 aliphatic carbocycles. The number of carbonyl (C=O) groups excluding carboxylic acids is 1. The van der Waals surface area contributed by atoms with Crippen molar-refractivity contribution in [1.29, 1.82) is 0 Å². The lowest BCUT2D eigenvalue weighted by Crippen LogP contribution is -2.51. The zero-order valence-electron chi connectivity index (χ0n) is 15.6. The fraction of sp³-hybridized carbons (Fsp3) is 0.682. The van der Waals surface area contributed by atoms with Gasteiger partial charge in [0.1, 0.15) is 0 Å². The second-order valence-corrected chi connectivity index (χ2v) is 8.58. The van der Waals surface area contributed by atoms with Crippen molar-refractivity contribution in [3.63, 3.8) is 0 Å². The quantitative estimate of drug-likeness (QED) is 0.884. The van der Waals surface area contributed by atoms with E-state index in [9.17, 15) is 4.79 Å². The zero-order chi connectivity index (χ0) is 17.3. The lowest BCUT2D eigenvalue weighted by molar-refractivity contribution is -0.138. The highest BCUT2D eigenvalue weighted by Crippen LogP contribution is 2.43. The summed E-state index contributed by atoms with van der Waals surface area (Å²) in [5.74, 6) is 1.33. The molecule has 1 heterocycles. The number of rotatable bonds is 5. The molecule has 1 N–H and O–H groups in total. The van der Waals surface area contributed by atoms with Crippen LogP contribution < -0.4 is 5.32 Å². The maximum absolute atomic E-state index is 13.5. The molecule has 0 bridgehead atoms. The van der Waals surface area contributed by atoms with E-state index in [1.807, 2.05) is 0 Å². The molecule has 25 heavy (non-hydrogen) atoms. The molecule has 0 radical (unpaired) electrons. The van der Waals surface area contributed by atoms with Crippen LogP contribution in [-0.4, -0.2) is 36.5 Å². The highest BCUT2D eigenvalue weighted by atomic mass is 16.2. The van der Waals surface area contributed by atoms with Crippen LogP contribution >= 0.6 is 0 Å². The van der Waals surface area contributed by atoms with E-state index in [1.165, 1.54) is 43.4 Å². The third kappa shape index (κ3) is 3.62. The Morgan fingerprint density at radius 1 is 1.16 bits per heavy atom. The van der Waals surface area contributed by atoms with E-state index in [1.54, 1.807) is 0 Å². The van der Waals surface area contributed by atoms with E-state index in [-0.39, 0.29) is 5.41 Å². The van der Waals surface area contributed by atoms with Crippen molar-refractivity contribution in [2.75, 3.05) is 19.6 Å². The molecule has 3 nitrogen and oxygen atoms in total. The molecule has 0 spiro atoms. The standard InChI is InChI=1S/C22H32N2O/c1-17-5-4-6-19(15-17)22(11-2-3-12-22)21(25)24-13-9-20(10-14-24)23-16-18-7-8-18/h4-6,15,18,20,23H,2-3,7-14,16H2,1H3. The third-order valence-electron chi connectivity index (χ3n) is 6.61. The first-order chi connectivity index (χ1) is 12.2. The van der Waals surface area contributed by atoms with Crippen LogP contribution in [0.4, 0.5) is 0 Å². The van der Waals surface area contributed by atoms with E-state index in [2.05, 4.69) is 41.4 Å². The molecule has 3 aliphatic rings. The summed E-state index contributed by atoms with van der Waals surface area (Å²) in [4.78, 5) is 15.7. The average Bonchev–Trinajstić information content (AvgIpc) is 3.34. The third-order valence-corrected chi connectivity index (χ3v) is 6.61. The first-order valence-electron chi connectivity index (χ1n) is 10.3. The summed E-state index contributed by atoms with van der Waals surface area (Å²) in [6.07, 6.45) is 9.44. The Morgan fingerprint density at radius 2 is 1.88 bits per heavy atom. The molecular formula is C22H32N2O. The monoisotopic (exact) mass is 340 g/mol. The van der Waals surface area contributed by atoms with E-state index >= 15 is 0 Å². The number of carbonyl (C=O) groups is 1. The summed E-state index contributed by atoms with van der Waals surface area (Å²) in [6.45, 7) is 5.17. The van der Waals surface area contributed by atoms with Gasteiger partial charge in [0.25, 0.3) is 0 Å². The number of nitrogens with one attached hydrogen (secondary N) is 1. The van der Waals surface area contributed by atoms with E-state index in [0.29, 0.717) is 11.9 Å². The summed E-state index contributed by atoms with van der Waals surface area (Å²) in [7, 11) is 0. The molecule has 0 unspecified atom stereocenters. The van der Waals surface area contributed by atoms with Gasteiger partial charge in [-0.15, -0.1) is 0 Å². The SMILES string of the molecule is Cc1cccc(C2(C(=O)N3CCC(NCC4CC4)CC3)CCCC2)c1. The maximum atomic E-state index is 13.5. The van der Waals surface area contributed by atoms with Gasteiger partial charge in [-0.05, 0) is 63.5 Å². The van der Waals surface area contributed by atoms with Gasteiger partial charge in [0, 0.05) is 19.1 Å². The Balaban J connectivity index is 1.43. The van der Waals surface area contributed by atoms with Gasteiger partial charge in [-0.3, -0.25) is 4.79 Å². The van der Waals surface area contributed by atoms with Gasteiger partial charge in [-0.2, -0.15) is 0 Å². The van der Waals surface area contributed by atoms with Gasteiger partial charge in [0.2, 0.25) is 5.91 Å². The fourth-order valence-corrected chi connectivity index (χ4v) is 4.79. The molecule has 1 saturated heterocycles. The van der Waals surface area contributed by atoms with Crippen LogP contribution in [0.25, 0.3) is 0 Å². The number of amides is 1. The second kappa shape index (κ2) is 7.11. The van der Waals surface area contributed by atoms with E-state index < -0.39 is 0 Å². The van der Waals surface area contributed by atoms with Crippen LogP contribution in [0.1, 0.15) is 62.5 Å². The van der Waals surface area contributed by atoms with Gasteiger partial charge >= 0.3 is 0 Å². The molecule has 4 rings (SSSR count). The molecule has 0 atom stereocenters. The number of hydrogen-bond donors (Lipinski definition) is 1. The summed E-state index contributed by atoms with van der Waals surface area (Å²) < 4.78 is 0. The zero-order valence-corrected chi connectivity index (χ0v) is 15.6. The Bertz CT molecular complexity index is 608. The largest absolute Gasteiger partial charge is 0.342 e. The lowest BCUT2D eigenvalue weighted by atomic mass is 9.76. The Hall–Kier alpha value is -1.35. The molecule has 136 valence electrons. The van der Waals surface area contributed by atoms with Gasteiger partial charge < -0.3 is 10.2 Å². The predicted molar refractivity (Wildman–Crippen MR) is 102 cm³/mol. The van der Waals surface area contributed by atoms with Crippen LogP contribution in [0.15, 0.2) is 24.3 Å². The van der Waals surface area contributed by atoms with Crippen molar-refractivity contribution in [2.45, 2.75) is 69.7 Å². The molecule has 1 aromatic rings. The van der Waals surface area contributed by atoms with Crippen molar-refractivity contribution in [1.82, 2.24) is 10.2 Å². The van der Waals surface area contributed by atoms with Gasteiger partial charge in [-0.1, -0.05) is 42.7 Å². The number of hydrogen-bond acceptors (Lipinski definition) is 2. The van der Waals surface area contributed by atoms with Gasteiger partial charge in [0.15, 0.2) is 0 Å². The summed E-state index contributed by atoms with van der Waals surface area (Å²) >= 11 is 0. The summed E-state index contributed by atoms with van der Waals surface area (Å²) in [6, 6.07) is 9.29. The molecule has 0 aromatic heterocycles. The van der Waals surface area contributed by atoms with Crippen molar-refractivity contribution >= 4 is 5.91 Å². The Kier molecular flexibility index (Phi) is 4.86. The van der Waals surface area contributed by atoms with Crippen LogP contribution in [0, 0.1) is 12.8 Å². The molecular weight excluding hydrogens is 308 g/mol. The minimum Gasteiger partial charge on any atom is -0.342 e. The first-order valence-corrected chi connectivity index (χ1v) is 10.3. The number of benzene rings is 1. The van der Waals surface area contributed by atoms with Crippen LogP contribution in [0.5, 0.6) is 0 Å². The van der Waals surface area contributed by atoms with E-state index in [0.717, 1.165) is 44.7 Å². The number of nitrogens with zero attached hydrogens (tertiary/aromatic N) is 1. The fourth-order valence-electron chi connectivity index (χ4n) is 4.79. The molecule has 3 fully saturated rings. The summed E-state index contributed by atoms with van der Waals surface area (Å²) in [5.41, 5.74) is 2.27. The van der Waals surface area contributed by atoms with Crippen LogP contribution in [0.2, 0.25) is 0 Å². The molecule has 2 saturated carbocycles. The van der Waals surface area contributed by atoms with Crippen molar-refractivity contribution in [3.05, 3.63) is 35.4 Å².